The Hall–Kier alpha value is -0.550. The van der Waals surface area contributed by atoms with Gasteiger partial charge in [-0.1, -0.05) is 17.7 Å². The van der Waals surface area contributed by atoms with Gasteiger partial charge in [-0.15, -0.1) is 0 Å². The molecule has 76 valence electrons. The highest BCUT2D eigenvalue weighted by Crippen LogP contribution is 2.31. The van der Waals surface area contributed by atoms with Crippen LogP contribution in [-0.2, 0) is 0 Å². The third-order valence-corrected chi connectivity index (χ3v) is 2.42. The molecule has 1 aromatic rings. The molecule has 0 spiro atoms. The van der Waals surface area contributed by atoms with E-state index < -0.39 is 17.5 Å². The SMILES string of the molecule is O=C(c1c(Cl)cccc1Br)C(F)(F)F. The van der Waals surface area contributed by atoms with E-state index in [9.17, 15) is 18.0 Å². The smallest absolute Gasteiger partial charge is 0.284 e. The lowest BCUT2D eigenvalue weighted by atomic mass is 10.1. The molecule has 0 aliphatic rings. The molecule has 1 aromatic carbocycles. The Morgan fingerprint density at radius 1 is 1.36 bits per heavy atom. The van der Waals surface area contributed by atoms with Crippen LogP contribution in [0.4, 0.5) is 13.2 Å². The maximum atomic E-state index is 12.1. The number of carbonyl (C=O) groups is 1. The normalized spacial score (nSPS) is 11.5. The van der Waals surface area contributed by atoms with E-state index in [1.54, 1.807) is 0 Å². The van der Waals surface area contributed by atoms with Crippen LogP contribution in [0.5, 0.6) is 0 Å². The van der Waals surface area contributed by atoms with Crippen molar-refractivity contribution in [3.63, 3.8) is 0 Å². The number of carbonyl (C=O) groups excluding carboxylic acids is 1. The third-order valence-electron chi connectivity index (χ3n) is 1.45. The average Bonchev–Trinajstić information content (AvgIpc) is 2.01. The Balaban J connectivity index is 3.26. The highest BCUT2D eigenvalue weighted by atomic mass is 79.9. The molecule has 1 nitrogen and oxygen atoms in total. The van der Waals surface area contributed by atoms with E-state index in [0.29, 0.717) is 0 Å². The fourth-order valence-corrected chi connectivity index (χ4v) is 1.78. The highest BCUT2D eigenvalue weighted by Gasteiger charge is 2.41. The van der Waals surface area contributed by atoms with Crippen molar-refractivity contribution in [3.8, 4) is 0 Å². The minimum atomic E-state index is -4.91. The summed E-state index contributed by atoms with van der Waals surface area (Å²) in [5.41, 5.74) is -0.554. The van der Waals surface area contributed by atoms with Crippen molar-refractivity contribution in [3.05, 3.63) is 33.3 Å². The fourth-order valence-electron chi connectivity index (χ4n) is 0.856. The molecule has 14 heavy (non-hydrogen) atoms. The number of halogens is 5. The van der Waals surface area contributed by atoms with E-state index in [1.807, 2.05) is 0 Å². The van der Waals surface area contributed by atoms with Crippen LogP contribution in [0.1, 0.15) is 10.4 Å². The molecule has 0 bridgehead atoms. The Morgan fingerprint density at radius 3 is 2.36 bits per heavy atom. The highest BCUT2D eigenvalue weighted by molar-refractivity contribution is 9.10. The Kier molecular flexibility index (Phi) is 3.21. The molecule has 0 saturated heterocycles. The van der Waals surface area contributed by atoms with Gasteiger partial charge in [0.2, 0.25) is 0 Å². The summed E-state index contributed by atoms with van der Waals surface area (Å²) in [6.45, 7) is 0. The van der Waals surface area contributed by atoms with Crippen LogP contribution >= 0.6 is 27.5 Å². The van der Waals surface area contributed by atoms with E-state index in [4.69, 9.17) is 11.6 Å². The monoisotopic (exact) mass is 286 g/mol. The minimum absolute atomic E-state index is 0.0346. The van der Waals surface area contributed by atoms with Gasteiger partial charge in [0.15, 0.2) is 0 Å². The zero-order chi connectivity index (χ0) is 10.9. The van der Waals surface area contributed by atoms with Gasteiger partial charge in [0.25, 0.3) is 5.78 Å². The first-order chi connectivity index (χ1) is 6.34. The zero-order valence-electron chi connectivity index (χ0n) is 6.53. The molecule has 0 fully saturated rings. The lowest BCUT2D eigenvalue weighted by Crippen LogP contribution is -2.23. The number of hydrogen-bond donors (Lipinski definition) is 0. The van der Waals surface area contributed by atoms with Crippen LogP contribution in [0, 0.1) is 0 Å². The molecule has 0 aliphatic carbocycles. The number of hydrogen-bond acceptors (Lipinski definition) is 1. The van der Waals surface area contributed by atoms with Crippen LogP contribution < -0.4 is 0 Å². The predicted octanol–water partition coefficient (Wildman–Crippen LogP) is 3.85. The molecule has 0 unspecified atom stereocenters. The Morgan fingerprint density at radius 2 is 1.93 bits per heavy atom. The van der Waals surface area contributed by atoms with Crippen LogP contribution in [0.25, 0.3) is 0 Å². The van der Waals surface area contributed by atoms with Crippen molar-refractivity contribution in [2.24, 2.45) is 0 Å². The predicted molar refractivity (Wildman–Crippen MR) is 49.5 cm³/mol. The van der Waals surface area contributed by atoms with Crippen molar-refractivity contribution >= 4 is 33.3 Å². The molecule has 1 rings (SSSR count). The molecule has 0 radical (unpaired) electrons. The second-order valence-electron chi connectivity index (χ2n) is 2.42. The largest absolute Gasteiger partial charge is 0.454 e. The summed E-state index contributed by atoms with van der Waals surface area (Å²) >= 11 is 8.31. The molecule has 0 atom stereocenters. The van der Waals surface area contributed by atoms with E-state index in [0.717, 1.165) is 0 Å². The second-order valence-corrected chi connectivity index (χ2v) is 3.69. The van der Waals surface area contributed by atoms with Gasteiger partial charge in [0, 0.05) is 4.47 Å². The third kappa shape index (κ3) is 2.27. The van der Waals surface area contributed by atoms with Crippen molar-refractivity contribution in [1.29, 1.82) is 0 Å². The zero-order valence-corrected chi connectivity index (χ0v) is 8.87. The molecular weight excluding hydrogens is 284 g/mol. The summed E-state index contributed by atoms with van der Waals surface area (Å²) in [6.07, 6.45) is -4.91. The summed E-state index contributed by atoms with van der Waals surface area (Å²) in [6, 6.07) is 4.00. The number of alkyl halides is 3. The first-order valence-corrected chi connectivity index (χ1v) is 4.56. The van der Waals surface area contributed by atoms with Gasteiger partial charge in [-0.05, 0) is 28.1 Å². The van der Waals surface area contributed by atoms with Crippen molar-refractivity contribution in [2.75, 3.05) is 0 Å². The van der Waals surface area contributed by atoms with Gasteiger partial charge in [-0.2, -0.15) is 13.2 Å². The van der Waals surface area contributed by atoms with Gasteiger partial charge in [-0.3, -0.25) is 4.79 Å². The van der Waals surface area contributed by atoms with Crippen molar-refractivity contribution in [1.82, 2.24) is 0 Å². The molecule has 0 aromatic heterocycles. The summed E-state index contributed by atoms with van der Waals surface area (Å²) < 4.78 is 36.2. The number of ketones is 1. The molecule has 6 heteroatoms. The fraction of sp³-hybridized carbons (Fsp3) is 0.125. The van der Waals surface area contributed by atoms with Gasteiger partial charge >= 0.3 is 6.18 Å². The molecule has 0 heterocycles. The number of Topliss-reactive ketones (excluding diaryl/α,β-unsaturated/α-hetero) is 1. The summed E-state index contributed by atoms with van der Waals surface area (Å²) in [5, 5.41) is -0.221. The summed E-state index contributed by atoms with van der Waals surface area (Å²) in [4.78, 5) is 10.9. The van der Waals surface area contributed by atoms with Crippen LogP contribution in [0.15, 0.2) is 22.7 Å². The molecule has 0 N–H and O–H groups in total. The standard InChI is InChI=1S/C8H3BrClF3O/c9-4-2-1-3-5(10)6(4)7(14)8(11,12)13/h1-3H. The Bertz CT molecular complexity index is 355. The quantitative estimate of drug-likeness (QED) is 0.717. The van der Waals surface area contributed by atoms with Crippen LogP contribution in [0.2, 0.25) is 5.02 Å². The maximum Gasteiger partial charge on any atom is 0.454 e. The average molecular weight is 287 g/mol. The Labute approximate surface area is 91.0 Å². The lowest BCUT2D eigenvalue weighted by molar-refractivity contribution is -0.0885. The van der Waals surface area contributed by atoms with Gasteiger partial charge in [0.05, 0.1) is 10.6 Å². The van der Waals surface area contributed by atoms with Crippen LogP contribution in [-0.4, -0.2) is 12.0 Å². The second kappa shape index (κ2) is 3.90. The number of rotatable bonds is 1. The topological polar surface area (TPSA) is 17.1 Å². The first kappa shape index (κ1) is 11.5. The molecule has 0 amide bonds. The van der Waals surface area contributed by atoms with Crippen molar-refractivity contribution in [2.45, 2.75) is 6.18 Å². The molecule has 0 aliphatic heterocycles. The first-order valence-electron chi connectivity index (χ1n) is 3.39. The van der Waals surface area contributed by atoms with Gasteiger partial charge < -0.3 is 0 Å². The van der Waals surface area contributed by atoms with E-state index in [-0.39, 0.29) is 9.50 Å². The lowest BCUT2D eigenvalue weighted by Gasteiger charge is -2.08. The molecule has 0 saturated carbocycles. The van der Waals surface area contributed by atoms with Crippen LogP contribution in [0.3, 0.4) is 0 Å². The van der Waals surface area contributed by atoms with E-state index >= 15 is 0 Å². The minimum Gasteiger partial charge on any atom is -0.284 e. The number of benzene rings is 1. The molecular formula is C8H3BrClF3O. The summed E-state index contributed by atoms with van der Waals surface area (Å²) in [5.74, 6) is -1.95. The van der Waals surface area contributed by atoms with Gasteiger partial charge in [-0.25, -0.2) is 0 Å². The van der Waals surface area contributed by atoms with E-state index in [2.05, 4.69) is 15.9 Å². The van der Waals surface area contributed by atoms with Gasteiger partial charge in [0.1, 0.15) is 0 Å². The summed E-state index contributed by atoms with van der Waals surface area (Å²) in [7, 11) is 0. The van der Waals surface area contributed by atoms with Crippen molar-refractivity contribution < 1.29 is 18.0 Å². The maximum absolute atomic E-state index is 12.1. The van der Waals surface area contributed by atoms with E-state index in [1.165, 1.54) is 18.2 Å².